The number of fused-ring (bicyclic) bond motifs is 1. The summed E-state index contributed by atoms with van der Waals surface area (Å²) in [6, 6.07) is 2.97. The summed E-state index contributed by atoms with van der Waals surface area (Å²) in [6.45, 7) is 4.13. The molecular weight excluding hydrogens is 588 g/mol. The normalized spacial score (nSPS) is 29.4. The molecule has 10 nitrogen and oxygen atoms in total. The molecule has 2 aliphatic heterocycles. The zero-order valence-corrected chi connectivity index (χ0v) is 24.9. The molecule has 3 N–H and O–H groups in total. The minimum Gasteiger partial charge on any atom is -0.399 e. The Kier molecular flexibility index (Phi) is 7.00. The molecule has 13 heteroatoms. The number of amides is 1. The van der Waals surface area contributed by atoms with Gasteiger partial charge in [-0.05, 0) is 89.2 Å². The van der Waals surface area contributed by atoms with E-state index in [1.165, 1.54) is 30.3 Å². The standard InChI is InChI=1S/C14H22BNO3.C12H15BrN4O2.ClH/c1-12(2,17)11-8-7-10(9-16-11)15-18-13(3,4)14(5,6)19-15;13-9-5-14-11-12(16-9)17(10(19)6-15-11)7-1-3-8(18)4-2-7;/h7-9,17H,1-6H3;5,7-8,18H,1-4,6H2,(H,14,15);1H/i1D3,17D;6D2;/hD. The summed E-state index contributed by atoms with van der Waals surface area (Å²) >= 11 is 3.19. The van der Waals surface area contributed by atoms with Crippen molar-refractivity contribution in [3.8, 4) is 0 Å². The molecule has 39 heavy (non-hydrogen) atoms. The van der Waals surface area contributed by atoms with Gasteiger partial charge in [-0.15, -0.1) is 12.4 Å². The number of nitrogens with one attached hydrogen (secondary N) is 1. The lowest BCUT2D eigenvalue weighted by atomic mass is 9.80. The second-order valence-electron chi connectivity index (χ2n) is 10.8. The van der Waals surface area contributed by atoms with E-state index in [1.54, 1.807) is 6.07 Å². The number of rotatable bonds is 4. The predicted octanol–water partition coefficient (Wildman–Crippen LogP) is 3.33. The highest BCUT2D eigenvalue weighted by atomic mass is 79.9. The third-order valence-corrected chi connectivity index (χ3v) is 7.62. The van der Waals surface area contributed by atoms with Crippen LogP contribution in [0.5, 0.6) is 0 Å². The van der Waals surface area contributed by atoms with Gasteiger partial charge in [-0.3, -0.25) is 14.7 Å². The Bertz CT molecular complexity index is 1390. The van der Waals surface area contributed by atoms with E-state index in [2.05, 4.69) is 36.0 Å². The number of nitrogens with zero attached hydrogens (tertiary/aromatic N) is 4. The molecule has 3 aliphatic rings. The van der Waals surface area contributed by atoms with Crippen molar-refractivity contribution in [2.75, 3.05) is 16.7 Å². The predicted molar refractivity (Wildman–Crippen MR) is 156 cm³/mol. The summed E-state index contributed by atoms with van der Waals surface area (Å²) in [7, 11) is -0.572. The third kappa shape index (κ3) is 7.09. The van der Waals surface area contributed by atoms with Crippen molar-refractivity contribution in [3.05, 3.63) is 34.8 Å². The molecule has 1 unspecified atom stereocenters. The fourth-order valence-corrected chi connectivity index (χ4v) is 4.58. The topological polar surface area (TPSA) is 130 Å². The van der Waals surface area contributed by atoms with Crippen molar-refractivity contribution >= 4 is 58.5 Å². The lowest BCUT2D eigenvalue weighted by Gasteiger charge is -2.37. The summed E-state index contributed by atoms with van der Waals surface area (Å²) in [5.41, 5.74) is -1.87. The van der Waals surface area contributed by atoms with E-state index in [1.807, 2.05) is 27.7 Å². The van der Waals surface area contributed by atoms with E-state index in [9.17, 15) is 9.90 Å². The lowest BCUT2D eigenvalue weighted by Crippen LogP contribution is -2.49. The number of pyridine rings is 1. The Balaban J connectivity index is 0.000000245. The molecule has 4 heterocycles. The maximum absolute atomic E-state index is 12.6. The number of halogens is 2. The molecule has 0 aromatic carbocycles. The zero-order chi connectivity index (χ0) is 33.8. The number of carbonyl (C=O) groups excluding carboxylic acids is 1. The van der Waals surface area contributed by atoms with E-state index in [0.29, 0.717) is 41.1 Å². The van der Waals surface area contributed by atoms with E-state index in [4.69, 9.17) is 19.0 Å². The molecule has 1 saturated carbocycles. The first-order valence-corrected chi connectivity index (χ1v) is 13.3. The van der Waals surface area contributed by atoms with Gasteiger partial charge in [0.15, 0.2) is 13.0 Å². The Labute approximate surface area is 255 Å². The van der Waals surface area contributed by atoms with Crippen LogP contribution in [0.3, 0.4) is 0 Å². The molecule has 5 rings (SSSR count). The molecule has 1 amide bonds. The first-order valence-electron chi connectivity index (χ1n) is 15.8. The van der Waals surface area contributed by atoms with Gasteiger partial charge in [0.2, 0.25) is 7.34 Å². The number of aromatic nitrogens is 3. The van der Waals surface area contributed by atoms with Gasteiger partial charge >= 0.3 is 7.12 Å². The van der Waals surface area contributed by atoms with Crippen LogP contribution in [0, 0.1) is 0 Å². The summed E-state index contributed by atoms with van der Waals surface area (Å²) in [5.74, 6) is -0.617. The highest BCUT2D eigenvalue weighted by Gasteiger charge is 2.51. The Morgan fingerprint density at radius 3 is 2.46 bits per heavy atom. The van der Waals surface area contributed by atoms with Crippen molar-refractivity contribution in [3.63, 3.8) is 0 Å². The van der Waals surface area contributed by atoms with Crippen molar-refractivity contribution in [2.24, 2.45) is 0 Å². The summed E-state index contributed by atoms with van der Waals surface area (Å²) in [5, 5.41) is 14.6. The molecule has 2 aromatic heterocycles. The van der Waals surface area contributed by atoms with E-state index in [-0.39, 0.29) is 41.9 Å². The van der Waals surface area contributed by atoms with Crippen LogP contribution in [0.25, 0.3) is 0 Å². The molecule has 214 valence electrons. The number of anilines is 2. The number of aliphatic hydroxyl groups excluding tert-OH is 1. The quantitative estimate of drug-likeness (QED) is 0.434. The van der Waals surface area contributed by atoms with E-state index in [0.717, 1.165) is 0 Å². The fraction of sp³-hybridized carbons (Fsp3) is 0.615. The van der Waals surface area contributed by atoms with Crippen molar-refractivity contribution in [1.82, 2.24) is 15.0 Å². The Morgan fingerprint density at radius 1 is 1.23 bits per heavy atom. The Morgan fingerprint density at radius 2 is 1.90 bits per heavy atom. The molecule has 1 atom stereocenters. The van der Waals surface area contributed by atoms with Crippen LogP contribution in [-0.4, -0.2) is 69.5 Å². The van der Waals surface area contributed by atoms with Crippen LogP contribution in [0.1, 0.15) is 79.7 Å². The second-order valence-corrected chi connectivity index (χ2v) is 11.6. The first kappa shape index (κ1) is 22.8. The maximum atomic E-state index is 12.6. The minimum atomic E-state index is -2.51. The smallest absolute Gasteiger partial charge is 0.399 e. The van der Waals surface area contributed by atoms with E-state index < -0.39 is 43.2 Å². The van der Waals surface area contributed by atoms with Gasteiger partial charge < -0.3 is 24.8 Å². The van der Waals surface area contributed by atoms with Crippen LogP contribution in [-0.2, 0) is 19.7 Å². The number of hydrogen-bond acceptors (Lipinski definition) is 9. The molecule has 0 bridgehead atoms. The van der Waals surface area contributed by atoms with Gasteiger partial charge in [0.05, 0.1) is 38.4 Å². The molecule has 0 spiro atoms. The van der Waals surface area contributed by atoms with Crippen LogP contribution in [0.15, 0.2) is 29.1 Å². The maximum Gasteiger partial charge on any atom is 0.496 e. The first-order chi connectivity index (χ1) is 20.7. The summed E-state index contributed by atoms with van der Waals surface area (Å²) in [6.07, 6.45) is 4.73. The highest BCUT2D eigenvalue weighted by Crippen LogP contribution is 2.36. The molecular formula is C26H38BBrClN5O5. The summed E-state index contributed by atoms with van der Waals surface area (Å²) in [4.78, 5) is 26.3. The minimum absolute atomic E-state index is 0. The SMILES string of the molecule is Cl.[2H]N1c2ncc(Br)nc2N(C2CCC(O)CC2)C(=O)C1([2H])[2H].[2H]OC(C)(c1ccc(B2OC(C)(C)C(C)(C)O2)cn1)C([2H])([2H])[2H]. The average Bonchev–Trinajstić information content (AvgIpc) is 3.18. The van der Waals surface area contributed by atoms with Gasteiger partial charge in [-0.1, -0.05) is 6.07 Å². The molecule has 2 aromatic rings. The van der Waals surface area contributed by atoms with Crippen molar-refractivity contribution in [2.45, 2.75) is 96.1 Å². The van der Waals surface area contributed by atoms with Crippen LogP contribution in [0.2, 0.25) is 1.41 Å². The van der Waals surface area contributed by atoms with Crippen LogP contribution >= 0.6 is 28.3 Å². The van der Waals surface area contributed by atoms with E-state index >= 15 is 0 Å². The van der Waals surface area contributed by atoms with Gasteiger partial charge in [0, 0.05) is 21.8 Å². The van der Waals surface area contributed by atoms with Gasteiger partial charge in [0.1, 0.15) is 10.2 Å². The third-order valence-electron chi connectivity index (χ3n) is 7.24. The van der Waals surface area contributed by atoms with Crippen LogP contribution in [0.4, 0.5) is 11.6 Å². The fourth-order valence-electron chi connectivity index (χ4n) is 4.30. The van der Waals surface area contributed by atoms with Crippen molar-refractivity contribution in [1.29, 1.82) is 1.43 Å². The molecule has 0 radical (unpaired) electrons. The van der Waals surface area contributed by atoms with Gasteiger partial charge in [-0.2, -0.15) is 0 Å². The Hall–Kier alpha value is -1.83. The lowest BCUT2D eigenvalue weighted by molar-refractivity contribution is -0.118. The van der Waals surface area contributed by atoms with Crippen LogP contribution < -0.4 is 15.7 Å². The molecule has 1 saturated heterocycles. The molecule has 1 aliphatic carbocycles. The zero-order valence-electron chi connectivity index (χ0n) is 29.5. The molecule has 2 fully saturated rings. The van der Waals surface area contributed by atoms with Gasteiger partial charge in [-0.25, -0.2) is 9.97 Å². The largest absolute Gasteiger partial charge is 0.496 e. The highest BCUT2D eigenvalue weighted by molar-refractivity contribution is 9.10. The van der Waals surface area contributed by atoms with Crippen molar-refractivity contribution < 1.29 is 32.6 Å². The van der Waals surface area contributed by atoms with Gasteiger partial charge in [0.25, 0.3) is 0 Å². The monoisotopic (exact) mass is 632 g/mol. The number of hydrogen-bond donors (Lipinski definition) is 3. The second kappa shape index (κ2) is 12.0. The average molecular weight is 634 g/mol. The summed E-state index contributed by atoms with van der Waals surface area (Å²) < 4.78 is 65.7. The number of aliphatic hydroxyl groups is 2. The number of carbonyl (C=O) groups is 1.